The summed E-state index contributed by atoms with van der Waals surface area (Å²) in [5, 5.41) is 3.65. The summed E-state index contributed by atoms with van der Waals surface area (Å²) in [6, 6.07) is 1.42. The fraction of sp³-hybridized carbons (Fsp3) is 1.00. The van der Waals surface area contributed by atoms with Crippen molar-refractivity contribution in [2.45, 2.75) is 65.5 Å². The Morgan fingerprint density at radius 3 is 2.39 bits per heavy atom. The quantitative estimate of drug-likeness (QED) is 0.830. The van der Waals surface area contributed by atoms with Gasteiger partial charge in [-0.1, -0.05) is 33.6 Å². The van der Waals surface area contributed by atoms with Gasteiger partial charge in [-0.15, -0.1) is 0 Å². The molecule has 2 nitrogen and oxygen atoms in total. The van der Waals surface area contributed by atoms with Gasteiger partial charge in [-0.25, -0.2) is 0 Å². The highest BCUT2D eigenvalue weighted by Crippen LogP contribution is 2.30. The third kappa shape index (κ3) is 3.71. The maximum Gasteiger partial charge on any atom is 0.0244 e. The molecular weight excluding hydrogens is 220 g/mol. The summed E-state index contributed by atoms with van der Waals surface area (Å²) in [6.45, 7) is 13.3. The maximum absolute atomic E-state index is 3.65. The van der Waals surface area contributed by atoms with Crippen LogP contribution in [0.25, 0.3) is 0 Å². The largest absolute Gasteiger partial charge is 0.311 e. The Hall–Kier alpha value is -0.0800. The predicted molar refractivity (Wildman–Crippen MR) is 78.8 cm³/mol. The van der Waals surface area contributed by atoms with E-state index in [2.05, 4.69) is 37.9 Å². The zero-order valence-electron chi connectivity index (χ0n) is 12.8. The Labute approximate surface area is 114 Å². The average Bonchev–Trinajstić information content (AvgIpc) is 2.32. The van der Waals surface area contributed by atoms with Crippen molar-refractivity contribution in [3.63, 3.8) is 0 Å². The minimum absolute atomic E-state index is 0.669. The molecule has 1 aliphatic heterocycles. The predicted octanol–water partition coefficient (Wildman–Crippen LogP) is 3.13. The SMILES string of the molecule is CC1CCC(CN2CC(C)NCC2C(C)C)CC1. The van der Waals surface area contributed by atoms with Crippen LogP contribution >= 0.6 is 0 Å². The zero-order valence-corrected chi connectivity index (χ0v) is 12.8. The van der Waals surface area contributed by atoms with E-state index in [1.807, 2.05) is 0 Å². The molecule has 2 atom stereocenters. The lowest BCUT2D eigenvalue weighted by atomic mass is 9.82. The van der Waals surface area contributed by atoms with Crippen LogP contribution in [-0.2, 0) is 0 Å². The number of rotatable bonds is 3. The molecule has 0 aromatic heterocycles. The molecule has 2 aliphatic rings. The van der Waals surface area contributed by atoms with Crippen molar-refractivity contribution in [3.8, 4) is 0 Å². The minimum atomic E-state index is 0.669. The summed E-state index contributed by atoms with van der Waals surface area (Å²) in [4.78, 5) is 2.78. The summed E-state index contributed by atoms with van der Waals surface area (Å²) >= 11 is 0. The van der Waals surface area contributed by atoms with E-state index < -0.39 is 0 Å². The number of nitrogens with one attached hydrogen (secondary N) is 1. The fourth-order valence-corrected chi connectivity index (χ4v) is 3.71. The minimum Gasteiger partial charge on any atom is -0.311 e. The lowest BCUT2D eigenvalue weighted by molar-refractivity contribution is 0.0741. The molecule has 1 heterocycles. The van der Waals surface area contributed by atoms with E-state index in [0.717, 1.165) is 23.8 Å². The fourth-order valence-electron chi connectivity index (χ4n) is 3.71. The van der Waals surface area contributed by atoms with Gasteiger partial charge in [-0.2, -0.15) is 0 Å². The Bertz CT molecular complexity index is 243. The van der Waals surface area contributed by atoms with E-state index in [-0.39, 0.29) is 0 Å². The van der Waals surface area contributed by atoms with Crippen LogP contribution in [0, 0.1) is 17.8 Å². The molecule has 1 saturated heterocycles. The average molecular weight is 252 g/mol. The molecule has 18 heavy (non-hydrogen) atoms. The van der Waals surface area contributed by atoms with Crippen molar-refractivity contribution < 1.29 is 0 Å². The molecule has 0 aromatic rings. The van der Waals surface area contributed by atoms with Crippen molar-refractivity contribution in [2.75, 3.05) is 19.6 Å². The number of nitrogens with zero attached hydrogens (tertiary/aromatic N) is 1. The van der Waals surface area contributed by atoms with E-state index in [4.69, 9.17) is 0 Å². The standard InChI is InChI=1S/C16H32N2/c1-12(2)16-9-17-14(4)10-18(16)11-15-7-5-13(3)6-8-15/h12-17H,5-11H2,1-4H3. The molecule has 1 aliphatic carbocycles. The molecule has 1 saturated carbocycles. The first-order chi connectivity index (χ1) is 8.56. The summed E-state index contributed by atoms with van der Waals surface area (Å²) in [5.74, 6) is 2.71. The lowest BCUT2D eigenvalue weighted by Gasteiger charge is -2.43. The highest BCUT2D eigenvalue weighted by Gasteiger charge is 2.30. The van der Waals surface area contributed by atoms with Gasteiger partial charge < -0.3 is 5.32 Å². The normalized spacial score (nSPS) is 39.2. The Kier molecular flexibility index (Phi) is 5.08. The van der Waals surface area contributed by atoms with Crippen LogP contribution in [-0.4, -0.2) is 36.6 Å². The summed E-state index contributed by atoms with van der Waals surface area (Å²) < 4.78 is 0. The van der Waals surface area contributed by atoms with Crippen LogP contribution < -0.4 is 5.32 Å². The molecule has 0 aromatic carbocycles. The second-order valence-electron chi connectivity index (χ2n) is 7.20. The summed E-state index contributed by atoms with van der Waals surface area (Å²) in [7, 11) is 0. The summed E-state index contributed by atoms with van der Waals surface area (Å²) in [5.41, 5.74) is 0. The second kappa shape index (κ2) is 6.38. The van der Waals surface area contributed by atoms with Crippen LogP contribution in [0.4, 0.5) is 0 Å². The molecule has 0 spiro atoms. The molecule has 106 valence electrons. The highest BCUT2D eigenvalue weighted by molar-refractivity contribution is 4.87. The van der Waals surface area contributed by atoms with Crippen molar-refractivity contribution in [1.29, 1.82) is 0 Å². The van der Waals surface area contributed by atoms with Gasteiger partial charge in [0, 0.05) is 31.7 Å². The number of piperazine rings is 1. The van der Waals surface area contributed by atoms with Crippen LogP contribution in [0.3, 0.4) is 0 Å². The summed E-state index contributed by atoms with van der Waals surface area (Å²) in [6.07, 6.45) is 5.84. The van der Waals surface area contributed by atoms with Gasteiger partial charge >= 0.3 is 0 Å². The number of hydrogen-bond acceptors (Lipinski definition) is 2. The van der Waals surface area contributed by atoms with E-state index >= 15 is 0 Å². The lowest BCUT2D eigenvalue weighted by Crippen LogP contribution is -2.58. The molecule has 0 amide bonds. The zero-order chi connectivity index (χ0) is 13.1. The molecule has 2 fully saturated rings. The Balaban J connectivity index is 1.88. The first-order valence-corrected chi connectivity index (χ1v) is 8.03. The van der Waals surface area contributed by atoms with Gasteiger partial charge in [-0.05, 0) is 37.5 Å². The molecule has 2 heteroatoms. The van der Waals surface area contributed by atoms with Crippen LogP contribution in [0.5, 0.6) is 0 Å². The van der Waals surface area contributed by atoms with Crippen LogP contribution in [0.2, 0.25) is 0 Å². The molecular formula is C16H32N2. The van der Waals surface area contributed by atoms with Gasteiger partial charge in [-0.3, -0.25) is 4.90 Å². The topological polar surface area (TPSA) is 15.3 Å². The Morgan fingerprint density at radius 2 is 1.78 bits per heavy atom. The van der Waals surface area contributed by atoms with Gasteiger partial charge in [0.15, 0.2) is 0 Å². The third-order valence-electron chi connectivity index (χ3n) is 5.05. The number of hydrogen-bond donors (Lipinski definition) is 1. The molecule has 1 N–H and O–H groups in total. The Morgan fingerprint density at radius 1 is 1.11 bits per heavy atom. The first kappa shape index (κ1) is 14.3. The molecule has 0 radical (unpaired) electrons. The van der Waals surface area contributed by atoms with Gasteiger partial charge in [0.25, 0.3) is 0 Å². The molecule has 2 rings (SSSR count). The van der Waals surface area contributed by atoms with Gasteiger partial charge in [0.1, 0.15) is 0 Å². The maximum atomic E-state index is 3.65. The second-order valence-corrected chi connectivity index (χ2v) is 7.20. The van der Waals surface area contributed by atoms with Crippen LogP contribution in [0.1, 0.15) is 53.4 Å². The molecule has 0 bridgehead atoms. The third-order valence-corrected chi connectivity index (χ3v) is 5.05. The van der Waals surface area contributed by atoms with Crippen molar-refractivity contribution >= 4 is 0 Å². The van der Waals surface area contributed by atoms with Gasteiger partial charge in [0.05, 0.1) is 0 Å². The smallest absolute Gasteiger partial charge is 0.0244 e. The molecule has 2 unspecified atom stereocenters. The van der Waals surface area contributed by atoms with E-state index in [1.54, 1.807) is 0 Å². The first-order valence-electron chi connectivity index (χ1n) is 8.03. The van der Waals surface area contributed by atoms with E-state index in [1.165, 1.54) is 45.3 Å². The van der Waals surface area contributed by atoms with Crippen molar-refractivity contribution in [1.82, 2.24) is 10.2 Å². The van der Waals surface area contributed by atoms with Crippen LogP contribution in [0.15, 0.2) is 0 Å². The highest BCUT2D eigenvalue weighted by atomic mass is 15.2. The monoisotopic (exact) mass is 252 g/mol. The van der Waals surface area contributed by atoms with Crippen molar-refractivity contribution in [3.05, 3.63) is 0 Å². The van der Waals surface area contributed by atoms with E-state index in [0.29, 0.717) is 6.04 Å². The van der Waals surface area contributed by atoms with E-state index in [9.17, 15) is 0 Å². The van der Waals surface area contributed by atoms with Gasteiger partial charge in [0.2, 0.25) is 0 Å². The van der Waals surface area contributed by atoms with Crippen molar-refractivity contribution in [2.24, 2.45) is 17.8 Å².